The molecule has 184 valence electrons. The molecule has 0 bridgehead atoms. The van der Waals surface area contributed by atoms with Gasteiger partial charge in [-0.15, -0.1) is 5.10 Å². The van der Waals surface area contributed by atoms with Crippen molar-refractivity contribution in [1.29, 1.82) is 0 Å². The maximum absolute atomic E-state index is 14.2. The van der Waals surface area contributed by atoms with E-state index in [9.17, 15) is 27.2 Å². The number of hydrazine groups is 1. The highest BCUT2D eigenvalue weighted by molar-refractivity contribution is 5.92. The van der Waals surface area contributed by atoms with Gasteiger partial charge in [0, 0.05) is 19.4 Å². The van der Waals surface area contributed by atoms with Crippen LogP contribution >= 0.6 is 0 Å². The quantitative estimate of drug-likeness (QED) is 0.169. The maximum atomic E-state index is 14.2. The van der Waals surface area contributed by atoms with Gasteiger partial charge in [0.05, 0.1) is 29.9 Å². The third-order valence-electron chi connectivity index (χ3n) is 4.39. The molecule has 2 aromatic heterocycles. The lowest BCUT2D eigenvalue weighted by Gasteiger charge is -2.17. The molecule has 0 aromatic carbocycles. The van der Waals surface area contributed by atoms with Crippen LogP contribution in [0.5, 0.6) is 0 Å². The van der Waals surface area contributed by atoms with Crippen molar-refractivity contribution >= 4 is 17.6 Å². The molecule has 2 aromatic rings. The number of alkyl halides is 4. The number of hydrogen-bond donors (Lipinski definition) is 4. The lowest BCUT2D eigenvalue weighted by Crippen LogP contribution is -2.35. The van der Waals surface area contributed by atoms with E-state index < -0.39 is 29.7 Å². The van der Waals surface area contributed by atoms with Crippen LogP contribution < -0.4 is 22.2 Å². The van der Waals surface area contributed by atoms with Crippen molar-refractivity contribution in [2.75, 3.05) is 18.9 Å². The monoisotopic (exact) mass is 484 g/mol. The van der Waals surface area contributed by atoms with Crippen molar-refractivity contribution in [3.63, 3.8) is 0 Å². The van der Waals surface area contributed by atoms with Crippen LogP contribution in [0.1, 0.15) is 23.4 Å². The van der Waals surface area contributed by atoms with E-state index in [2.05, 4.69) is 25.8 Å². The number of pyridine rings is 1. The van der Waals surface area contributed by atoms with Crippen LogP contribution in [0.2, 0.25) is 0 Å². The molecule has 1 atom stereocenters. The van der Waals surface area contributed by atoms with Gasteiger partial charge < -0.3 is 21.4 Å². The van der Waals surface area contributed by atoms with Crippen LogP contribution in [0, 0.1) is 0 Å². The van der Waals surface area contributed by atoms with Crippen LogP contribution in [0.25, 0.3) is 0 Å². The Hall–Kier alpha value is -3.81. The first-order valence-corrected chi connectivity index (χ1v) is 9.97. The van der Waals surface area contributed by atoms with Crippen LogP contribution in [0.3, 0.4) is 0 Å². The van der Waals surface area contributed by atoms with Gasteiger partial charge in [0.1, 0.15) is 11.9 Å². The minimum atomic E-state index is -4.54. The van der Waals surface area contributed by atoms with Crippen molar-refractivity contribution in [2.24, 2.45) is 11.6 Å². The van der Waals surface area contributed by atoms with Gasteiger partial charge in [-0.2, -0.15) is 18.3 Å². The Balaban J connectivity index is 1.83. The number of rotatable bonds is 10. The summed E-state index contributed by atoms with van der Waals surface area (Å²) in [5.41, 5.74) is 4.83. The maximum Gasteiger partial charge on any atom is 0.416 e. The van der Waals surface area contributed by atoms with Gasteiger partial charge in [-0.3, -0.25) is 14.6 Å². The number of nitrogens with two attached hydrogens (primary N) is 2. The molecular weight excluding hydrogens is 460 g/mol. The Labute approximate surface area is 192 Å². The first-order valence-electron chi connectivity index (χ1n) is 9.97. The summed E-state index contributed by atoms with van der Waals surface area (Å²) in [4.78, 5) is 27.2. The molecule has 0 aliphatic carbocycles. The molecule has 0 radical (unpaired) electrons. The molecule has 0 spiro atoms. The van der Waals surface area contributed by atoms with Crippen LogP contribution in [-0.4, -0.2) is 51.8 Å². The molecule has 0 aliphatic rings. The smallest absolute Gasteiger partial charge is 0.393 e. The summed E-state index contributed by atoms with van der Waals surface area (Å²) in [7, 11) is 1.40. The van der Waals surface area contributed by atoms with E-state index in [4.69, 9.17) is 11.6 Å². The number of carbonyl (C=O) groups is 2. The van der Waals surface area contributed by atoms with Crippen molar-refractivity contribution in [1.82, 2.24) is 25.5 Å². The van der Waals surface area contributed by atoms with E-state index in [1.165, 1.54) is 19.2 Å². The second kappa shape index (κ2) is 11.9. The average molecular weight is 484 g/mol. The molecule has 6 N–H and O–H groups in total. The molecule has 2 rings (SSSR count). The van der Waals surface area contributed by atoms with Gasteiger partial charge >= 0.3 is 6.18 Å². The molecule has 2 heterocycles. The van der Waals surface area contributed by atoms with Gasteiger partial charge in [-0.1, -0.05) is 0 Å². The lowest BCUT2D eigenvalue weighted by molar-refractivity contribution is -0.137. The van der Waals surface area contributed by atoms with E-state index in [0.29, 0.717) is 5.69 Å². The van der Waals surface area contributed by atoms with Gasteiger partial charge in [0.25, 0.3) is 5.91 Å². The van der Waals surface area contributed by atoms with Gasteiger partial charge in [-0.25, -0.2) is 10.2 Å². The van der Waals surface area contributed by atoms with Gasteiger partial charge in [0.15, 0.2) is 5.82 Å². The summed E-state index contributed by atoms with van der Waals surface area (Å²) in [6.07, 6.45) is -3.88. The predicted octanol–water partition coefficient (Wildman–Crippen LogP) is 1.06. The third-order valence-corrected chi connectivity index (χ3v) is 4.39. The van der Waals surface area contributed by atoms with E-state index >= 15 is 0 Å². The first-order chi connectivity index (χ1) is 16.0. The molecular formula is C20H24F4N8O2. The number of carbonyl (C=O) groups excluding carboxylic acids is 2. The minimum Gasteiger partial charge on any atom is -0.393 e. The van der Waals surface area contributed by atoms with E-state index in [-0.39, 0.29) is 43.0 Å². The van der Waals surface area contributed by atoms with Crippen LogP contribution in [0.15, 0.2) is 42.4 Å². The highest BCUT2D eigenvalue weighted by Gasteiger charge is 2.30. The minimum absolute atomic E-state index is 0.0493. The Morgan fingerprint density at radius 1 is 1.21 bits per heavy atom. The van der Waals surface area contributed by atoms with E-state index in [0.717, 1.165) is 29.5 Å². The number of nitrogens with zero attached hydrogens (tertiary/aromatic N) is 4. The van der Waals surface area contributed by atoms with Gasteiger partial charge in [-0.05, 0) is 37.1 Å². The normalized spacial score (nSPS) is 12.7. The highest BCUT2D eigenvalue weighted by atomic mass is 19.4. The largest absolute Gasteiger partial charge is 0.416 e. The van der Waals surface area contributed by atoms with Crippen LogP contribution in [-0.2, 0) is 28.6 Å². The topological polar surface area (TPSA) is 152 Å². The van der Waals surface area contributed by atoms with Crippen molar-refractivity contribution in [2.45, 2.75) is 31.6 Å². The van der Waals surface area contributed by atoms with Crippen molar-refractivity contribution < 1.29 is 27.2 Å². The fraction of sp³-hybridized carbons (Fsp3) is 0.350. The number of amides is 2. The molecule has 1 unspecified atom stereocenters. The van der Waals surface area contributed by atoms with Crippen molar-refractivity contribution in [3.05, 3.63) is 59.3 Å². The number of aryl methyl sites for hydroxylation is 1. The SMILES string of the molecule is CNC(=O)/C(N)=C/N(N)CC(F)CCc1ccc(NC(=O)Cc2cc(C(F)(F)F)ccn2)nn1. The Morgan fingerprint density at radius 3 is 2.56 bits per heavy atom. The van der Waals surface area contributed by atoms with E-state index in [1.54, 1.807) is 0 Å². The Morgan fingerprint density at radius 2 is 1.94 bits per heavy atom. The number of anilines is 1. The van der Waals surface area contributed by atoms with Gasteiger partial charge in [0.2, 0.25) is 5.91 Å². The van der Waals surface area contributed by atoms with E-state index in [1.807, 2.05) is 0 Å². The molecule has 0 saturated heterocycles. The third kappa shape index (κ3) is 8.61. The van der Waals surface area contributed by atoms with Crippen molar-refractivity contribution in [3.8, 4) is 0 Å². The second-order valence-electron chi connectivity index (χ2n) is 7.16. The molecule has 10 nitrogen and oxygen atoms in total. The molecule has 0 aliphatic heterocycles. The zero-order chi connectivity index (χ0) is 25.3. The highest BCUT2D eigenvalue weighted by Crippen LogP contribution is 2.29. The zero-order valence-corrected chi connectivity index (χ0v) is 18.1. The molecule has 0 fully saturated rings. The summed E-state index contributed by atoms with van der Waals surface area (Å²) < 4.78 is 52.4. The number of hydrogen-bond acceptors (Lipinski definition) is 8. The molecule has 0 saturated carbocycles. The zero-order valence-electron chi connectivity index (χ0n) is 18.1. The Kier molecular flexibility index (Phi) is 9.24. The standard InChI is InChI=1S/C20H24F4N8O2/c1-27-19(34)16(25)11-32(26)10-13(21)2-3-14-4-5-17(31-30-14)29-18(33)9-15-8-12(6-7-28-15)20(22,23)24/h4-8,11,13H,2-3,9-10,25-26H2,1H3,(H,27,34)(H,29,31,33)/b16-11-. The first kappa shape index (κ1) is 26.4. The summed E-state index contributed by atoms with van der Waals surface area (Å²) in [5.74, 6) is 4.54. The summed E-state index contributed by atoms with van der Waals surface area (Å²) >= 11 is 0. The average Bonchev–Trinajstić information content (AvgIpc) is 2.77. The summed E-state index contributed by atoms with van der Waals surface area (Å²) in [6.45, 7) is -0.206. The Bertz CT molecular complexity index is 1010. The van der Waals surface area contributed by atoms with Crippen LogP contribution in [0.4, 0.5) is 23.4 Å². The number of nitrogens with one attached hydrogen (secondary N) is 2. The summed E-state index contributed by atoms with van der Waals surface area (Å²) in [6, 6.07) is 4.58. The fourth-order valence-corrected chi connectivity index (χ4v) is 2.72. The molecule has 34 heavy (non-hydrogen) atoms. The number of likely N-dealkylation sites (N-methyl/N-ethyl adjacent to an activating group) is 1. The molecule has 14 heteroatoms. The number of halogens is 4. The second-order valence-corrected chi connectivity index (χ2v) is 7.16. The predicted molar refractivity (Wildman–Crippen MR) is 114 cm³/mol. The fourth-order valence-electron chi connectivity index (χ4n) is 2.72. The molecule has 2 amide bonds. The lowest BCUT2D eigenvalue weighted by atomic mass is 10.1. The summed E-state index contributed by atoms with van der Waals surface area (Å²) in [5, 5.41) is 13.4. The number of aromatic nitrogens is 3.